The molecule has 0 unspecified atom stereocenters. The van der Waals surface area contributed by atoms with Crippen molar-refractivity contribution in [2.75, 3.05) is 5.73 Å². The van der Waals surface area contributed by atoms with Crippen LogP contribution in [0.5, 0.6) is 11.6 Å². The van der Waals surface area contributed by atoms with Gasteiger partial charge in [0, 0.05) is 10.5 Å². The highest BCUT2D eigenvalue weighted by molar-refractivity contribution is 9.10. The van der Waals surface area contributed by atoms with Gasteiger partial charge in [-0.2, -0.15) is 18.2 Å². The number of halogens is 6. The van der Waals surface area contributed by atoms with E-state index in [0.29, 0.717) is 6.07 Å². The number of nitrogens with two attached hydrogens (primary N) is 1. The second kappa shape index (κ2) is 5.43. The summed E-state index contributed by atoms with van der Waals surface area (Å²) in [5, 5.41) is 0. The summed E-state index contributed by atoms with van der Waals surface area (Å²) in [6.07, 6.45) is -4.80. The molecule has 0 bridgehead atoms. The second-order valence-corrected chi connectivity index (χ2v) is 4.66. The van der Waals surface area contributed by atoms with E-state index in [4.69, 9.17) is 10.5 Å². The van der Waals surface area contributed by atoms with E-state index in [1.54, 1.807) is 0 Å². The van der Waals surface area contributed by atoms with Crippen LogP contribution in [0.1, 0.15) is 5.69 Å². The molecule has 10 heteroatoms. The molecule has 2 rings (SSSR count). The quantitative estimate of drug-likeness (QED) is 0.815. The smallest absolute Gasteiger partial charge is 0.433 e. The molecule has 0 saturated heterocycles. The number of ether oxygens (including phenoxy) is 1. The van der Waals surface area contributed by atoms with Crippen molar-refractivity contribution in [1.29, 1.82) is 0 Å². The van der Waals surface area contributed by atoms with Crippen molar-refractivity contribution >= 4 is 21.9 Å². The molecule has 0 amide bonds. The Bertz CT molecular complexity index is 669. The molecule has 21 heavy (non-hydrogen) atoms. The number of hydrogen-bond acceptors (Lipinski definition) is 4. The van der Waals surface area contributed by atoms with E-state index >= 15 is 0 Å². The average molecular weight is 370 g/mol. The van der Waals surface area contributed by atoms with Gasteiger partial charge >= 0.3 is 6.18 Å². The summed E-state index contributed by atoms with van der Waals surface area (Å²) in [6.45, 7) is 0. The number of nitrogens with zero attached hydrogens (tertiary/aromatic N) is 2. The number of hydrogen-bond donors (Lipinski definition) is 1. The van der Waals surface area contributed by atoms with Gasteiger partial charge in [0.15, 0.2) is 17.3 Å². The van der Waals surface area contributed by atoms with Gasteiger partial charge in [0.1, 0.15) is 0 Å². The third-order valence-corrected chi connectivity index (χ3v) is 2.64. The minimum Gasteiger partial charge on any atom is -0.433 e. The van der Waals surface area contributed by atoms with E-state index in [9.17, 15) is 22.0 Å². The predicted molar refractivity (Wildman–Crippen MR) is 65.6 cm³/mol. The van der Waals surface area contributed by atoms with Crippen molar-refractivity contribution in [3.05, 3.63) is 40.0 Å². The summed E-state index contributed by atoms with van der Waals surface area (Å²) in [6, 6.07) is 2.15. The maximum atomic E-state index is 13.5. The van der Waals surface area contributed by atoms with Crippen LogP contribution in [-0.4, -0.2) is 9.97 Å². The number of aromatic nitrogens is 2. The maximum Gasteiger partial charge on any atom is 0.433 e. The molecule has 2 aromatic rings. The first-order valence-corrected chi connectivity index (χ1v) is 6.00. The highest BCUT2D eigenvalue weighted by atomic mass is 79.9. The summed E-state index contributed by atoms with van der Waals surface area (Å²) in [5.41, 5.74) is 3.73. The topological polar surface area (TPSA) is 61.0 Å². The normalized spacial score (nSPS) is 11.5. The Kier molecular flexibility index (Phi) is 3.99. The zero-order valence-electron chi connectivity index (χ0n) is 9.88. The first-order valence-electron chi connectivity index (χ1n) is 5.21. The van der Waals surface area contributed by atoms with Crippen molar-refractivity contribution in [2.24, 2.45) is 0 Å². The van der Waals surface area contributed by atoms with Gasteiger partial charge in [0.25, 0.3) is 0 Å². The molecule has 1 aromatic carbocycles. The monoisotopic (exact) mass is 369 g/mol. The largest absolute Gasteiger partial charge is 0.433 e. The van der Waals surface area contributed by atoms with Crippen LogP contribution in [0.4, 0.5) is 27.9 Å². The molecule has 0 saturated carbocycles. The van der Waals surface area contributed by atoms with Crippen LogP contribution in [0.15, 0.2) is 22.7 Å². The van der Waals surface area contributed by atoms with E-state index in [1.807, 2.05) is 0 Å². The fourth-order valence-corrected chi connectivity index (χ4v) is 1.77. The third-order valence-electron chi connectivity index (χ3n) is 2.18. The average Bonchev–Trinajstić information content (AvgIpc) is 2.32. The summed E-state index contributed by atoms with van der Waals surface area (Å²) >= 11 is 2.85. The van der Waals surface area contributed by atoms with Crippen LogP contribution in [0, 0.1) is 11.6 Å². The van der Waals surface area contributed by atoms with Gasteiger partial charge in [0.05, 0.1) is 0 Å². The maximum absolute atomic E-state index is 13.5. The fourth-order valence-electron chi connectivity index (χ4n) is 1.37. The van der Waals surface area contributed by atoms with Crippen LogP contribution >= 0.6 is 15.9 Å². The summed E-state index contributed by atoms with van der Waals surface area (Å²) < 4.78 is 69.5. The molecule has 0 spiro atoms. The van der Waals surface area contributed by atoms with Crippen molar-refractivity contribution in [3.63, 3.8) is 0 Å². The Balaban J connectivity index is 2.43. The highest BCUT2D eigenvalue weighted by Crippen LogP contribution is 2.33. The van der Waals surface area contributed by atoms with Gasteiger partial charge < -0.3 is 10.5 Å². The molecule has 0 fully saturated rings. The summed E-state index contributed by atoms with van der Waals surface area (Å²) in [4.78, 5) is 6.32. The van der Waals surface area contributed by atoms with E-state index in [-0.39, 0.29) is 4.47 Å². The number of benzene rings is 1. The predicted octanol–water partition coefficient (Wildman–Crippen LogP) is 3.91. The standard InChI is InChI=1S/C11H5BrF5N3O/c12-4-1-5(13)9(6(14)2-4)21-8-3-7(11(15,16)17)19-10(18)20-8/h1-3H,(H2,18,19,20). The SMILES string of the molecule is Nc1nc(Oc2c(F)cc(Br)cc2F)cc(C(F)(F)F)n1. The summed E-state index contributed by atoms with van der Waals surface area (Å²) in [7, 11) is 0. The van der Waals surface area contributed by atoms with E-state index in [2.05, 4.69) is 25.9 Å². The van der Waals surface area contributed by atoms with Gasteiger partial charge in [0.2, 0.25) is 17.6 Å². The van der Waals surface area contributed by atoms with Crippen LogP contribution in [0.2, 0.25) is 0 Å². The molecular formula is C11H5BrF5N3O. The molecule has 0 aliphatic rings. The molecule has 112 valence electrons. The van der Waals surface area contributed by atoms with Crippen molar-refractivity contribution in [3.8, 4) is 11.6 Å². The molecule has 0 radical (unpaired) electrons. The number of alkyl halides is 3. The Morgan fingerprint density at radius 1 is 1.05 bits per heavy atom. The lowest BCUT2D eigenvalue weighted by atomic mass is 10.3. The van der Waals surface area contributed by atoms with Crippen LogP contribution in [0.3, 0.4) is 0 Å². The molecular weight excluding hydrogens is 365 g/mol. The van der Waals surface area contributed by atoms with Gasteiger partial charge in [-0.15, -0.1) is 0 Å². The Morgan fingerprint density at radius 3 is 2.14 bits per heavy atom. The molecule has 2 N–H and O–H groups in total. The Morgan fingerprint density at radius 2 is 1.62 bits per heavy atom. The van der Waals surface area contributed by atoms with E-state index in [0.717, 1.165) is 12.1 Å². The first-order chi connectivity index (χ1) is 9.66. The zero-order valence-corrected chi connectivity index (χ0v) is 11.5. The zero-order chi connectivity index (χ0) is 15.8. The summed E-state index contributed by atoms with van der Waals surface area (Å²) in [5.74, 6) is -4.60. The minimum atomic E-state index is -4.80. The van der Waals surface area contributed by atoms with Crippen molar-refractivity contribution in [2.45, 2.75) is 6.18 Å². The minimum absolute atomic E-state index is 0.100. The molecule has 0 atom stereocenters. The second-order valence-electron chi connectivity index (χ2n) is 3.75. The number of nitrogen functional groups attached to an aromatic ring is 1. The van der Waals surface area contributed by atoms with Crippen LogP contribution in [0.25, 0.3) is 0 Å². The van der Waals surface area contributed by atoms with Crippen molar-refractivity contribution in [1.82, 2.24) is 9.97 Å². The molecule has 0 aliphatic carbocycles. The van der Waals surface area contributed by atoms with E-state index in [1.165, 1.54) is 0 Å². The Labute approximate surface area is 122 Å². The van der Waals surface area contributed by atoms with Gasteiger partial charge in [-0.05, 0) is 12.1 Å². The van der Waals surface area contributed by atoms with Crippen molar-refractivity contribution < 1.29 is 26.7 Å². The van der Waals surface area contributed by atoms with Gasteiger partial charge in [-0.25, -0.2) is 13.8 Å². The molecule has 1 heterocycles. The fraction of sp³-hybridized carbons (Fsp3) is 0.0909. The third kappa shape index (κ3) is 3.57. The molecule has 4 nitrogen and oxygen atoms in total. The number of rotatable bonds is 2. The Hall–Kier alpha value is -1.97. The molecule has 0 aliphatic heterocycles. The van der Waals surface area contributed by atoms with Crippen LogP contribution < -0.4 is 10.5 Å². The van der Waals surface area contributed by atoms with E-state index < -0.39 is 41.1 Å². The lowest BCUT2D eigenvalue weighted by Gasteiger charge is -2.10. The first kappa shape index (κ1) is 15.4. The number of anilines is 1. The molecule has 1 aromatic heterocycles. The highest BCUT2D eigenvalue weighted by Gasteiger charge is 2.34. The van der Waals surface area contributed by atoms with Crippen LogP contribution in [-0.2, 0) is 6.18 Å². The van der Waals surface area contributed by atoms with Gasteiger partial charge in [-0.3, -0.25) is 0 Å². The lowest BCUT2D eigenvalue weighted by Crippen LogP contribution is -2.11. The lowest BCUT2D eigenvalue weighted by molar-refractivity contribution is -0.141. The van der Waals surface area contributed by atoms with Gasteiger partial charge in [-0.1, -0.05) is 15.9 Å².